The SMILES string of the molecule is O=C(Cc1ccnnc1)c1cc2ccc(-c3ncc(Cl)c(Nc4ccc5[nH]ncc5c4)n3)cc2[nH]1. The van der Waals surface area contributed by atoms with E-state index in [1.807, 2.05) is 42.5 Å². The summed E-state index contributed by atoms with van der Waals surface area (Å²) in [5.41, 5.74) is 4.73. The van der Waals surface area contributed by atoms with Crippen LogP contribution in [0.15, 0.2) is 73.3 Å². The average molecular weight is 481 g/mol. The van der Waals surface area contributed by atoms with Gasteiger partial charge in [0.15, 0.2) is 17.4 Å². The van der Waals surface area contributed by atoms with Crippen molar-refractivity contribution in [3.8, 4) is 11.4 Å². The number of hydrogen-bond donors (Lipinski definition) is 3. The summed E-state index contributed by atoms with van der Waals surface area (Å²) in [6, 6.07) is 15.2. The summed E-state index contributed by atoms with van der Waals surface area (Å²) in [5, 5.41) is 20.1. The molecule has 170 valence electrons. The maximum Gasteiger partial charge on any atom is 0.183 e. The van der Waals surface area contributed by atoms with E-state index in [1.54, 1.807) is 30.9 Å². The van der Waals surface area contributed by atoms with Gasteiger partial charge in [0, 0.05) is 40.2 Å². The Bertz CT molecular complexity index is 1690. The number of aromatic nitrogens is 7. The van der Waals surface area contributed by atoms with Gasteiger partial charge < -0.3 is 10.3 Å². The summed E-state index contributed by atoms with van der Waals surface area (Å²) in [6.07, 6.45) is 6.74. The highest BCUT2D eigenvalue weighted by Gasteiger charge is 2.13. The Morgan fingerprint density at radius 1 is 0.943 bits per heavy atom. The molecule has 0 radical (unpaired) electrons. The first-order valence-electron chi connectivity index (χ1n) is 10.8. The largest absolute Gasteiger partial charge is 0.352 e. The number of H-pyrrole nitrogens is 2. The molecule has 10 heteroatoms. The molecule has 6 rings (SSSR count). The van der Waals surface area contributed by atoms with Gasteiger partial charge in [0.25, 0.3) is 0 Å². The quantitative estimate of drug-likeness (QED) is 0.283. The highest BCUT2D eigenvalue weighted by atomic mass is 35.5. The lowest BCUT2D eigenvalue weighted by Gasteiger charge is -2.09. The number of nitrogens with one attached hydrogen (secondary N) is 3. The second-order valence-electron chi connectivity index (χ2n) is 8.02. The minimum absolute atomic E-state index is 0.0282. The Morgan fingerprint density at radius 3 is 2.77 bits per heavy atom. The Labute approximate surface area is 203 Å². The molecule has 0 aliphatic heterocycles. The number of aromatic amines is 2. The van der Waals surface area contributed by atoms with Crippen molar-refractivity contribution in [1.82, 2.24) is 35.3 Å². The molecular weight excluding hydrogens is 464 g/mol. The number of hydrogen-bond acceptors (Lipinski definition) is 7. The molecule has 0 spiro atoms. The van der Waals surface area contributed by atoms with E-state index >= 15 is 0 Å². The third-order valence-electron chi connectivity index (χ3n) is 5.64. The number of ketones is 1. The van der Waals surface area contributed by atoms with E-state index in [1.165, 1.54) is 0 Å². The van der Waals surface area contributed by atoms with E-state index in [2.05, 4.69) is 40.7 Å². The molecule has 6 aromatic rings. The van der Waals surface area contributed by atoms with Crippen molar-refractivity contribution in [2.45, 2.75) is 6.42 Å². The molecule has 35 heavy (non-hydrogen) atoms. The summed E-state index contributed by atoms with van der Waals surface area (Å²) in [5.74, 6) is 0.973. The van der Waals surface area contributed by atoms with Gasteiger partial charge >= 0.3 is 0 Å². The van der Waals surface area contributed by atoms with Gasteiger partial charge in [-0.2, -0.15) is 15.3 Å². The smallest absolute Gasteiger partial charge is 0.183 e. The average Bonchev–Trinajstić information content (AvgIpc) is 3.52. The number of Topliss-reactive ketones (excluding diaryl/α,β-unsaturated/α-hetero) is 1. The number of benzene rings is 2. The van der Waals surface area contributed by atoms with Crippen molar-refractivity contribution < 1.29 is 4.79 Å². The fraction of sp³-hybridized carbons (Fsp3) is 0.0400. The molecule has 9 nitrogen and oxygen atoms in total. The molecule has 4 aromatic heterocycles. The monoisotopic (exact) mass is 480 g/mol. The van der Waals surface area contributed by atoms with Crippen LogP contribution in [0.3, 0.4) is 0 Å². The molecule has 0 unspecified atom stereocenters. The molecule has 0 bridgehead atoms. The lowest BCUT2D eigenvalue weighted by Crippen LogP contribution is -2.04. The molecule has 0 aliphatic carbocycles. The first-order valence-corrected chi connectivity index (χ1v) is 11.1. The lowest BCUT2D eigenvalue weighted by molar-refractivity contribution is 0.0989. The number of carbonyl (C=O) groups excluding carboxylic acids is 1. The van der Waals surface area contributed by atoms with Crippen LogP contribution in [0.1, 0.15) is 16.1 Å². The molecule has 0 amide bonds. The van der Waals surface area contributed by atoms with Crippen LogP contribution >= 0.6 is 11.6 Å². The van der Waals surface area contributed by atoms with Gasteiger partial charge in [-0.25, -0.2) is 9.97 Å². The zero-order valence-electron chi connectivity index (χ0n) is 18.2. The van der Waals surface area contributed by atoms with Crippen molar-refractivity contribution in [3.05, 3.63) is 89.6 Å². The molecule has 3 N–H and O–H groups in total. The zero-order valence-corrected chi connectivity index (χ0v) is 18.9. The Kier molecular flexibility index (Phi) is 5.16. The molecule has 0 aliphatic rings. The maximum absolute atomic E-state index is 12.7. The second kappa shape index (κ2) is 8.62. The van der Waals surface area contributed by atoms with E-state index in [-0.39, 0.29) is 12.2 Å². The summed E-state index contributed by atoms with van der Waals surface area (Å²) >= 11 is 6.37. The van der Waals surface area contributed by atoms with Crippen molar-refractivity contribution in [3.63, 3.8) is 0 Å². The van der Waals surface area contributed by atoms with Crippen LogP contribution in [0.4, 0.5) is 11.5 Å². The van der Waals surface area contributed by atoms with Gasteiger partial charge in [0.2, 0.25) is 0 Å². The minimum Gasteiger partial charge on any atom is -0.352 e. The number of carbonyl (C=O) groups is 1. The molecule has 0 saturated carbocycles. The van der Waals surface area contributed by atoms with Crippen molar-refractivity contribution in [2.24, 2.45) is 0 Å². The van der Waals surface area contributed by atoms with Gasteiger partial charge in [-0.05, 0) is 42.0 Å². The van der Waals surface area contributed by atoms with E-state index in [4.69, 9.17) is 11.6 Å². The van der Waals surface area contributed by atoms with Crippen molar-refractivity contribution in [1.29, 1.82) is 0 Å². The summed E-state index contributed by atoms with van der Waals surface area (Å²) in [4.78, 5) is 25.0. The standard InChI is InChI=1S/C25H17ClN8O/c26-19-13-27-24(33-25(19)31-18-3-4-20-17(8-18)12-30-34-20)16-2-1-15-9-22(32-21(15)10-16)23(35)7-14-5-6-28-29-11-14/h1-6,8-13,32H,7H2,(H,30,34)(H,27,31,33). The van der Waals surface area contributed by atoms with Gasteiger partial charge in [0.1, 0.15) is 5.02 Å². The topological polar surface area (TPSA) is 125 Å². The first kappa shape index (κ1) is 20.9. The van der Waals surface area contributed by atoms with Crippen LogP contribution in [0.5, 0.6) is 0 Å². The maximum atomic E-state index is 12.7. The summed E-state index contributed by atoms with van der Waals surface area (Å²) in [6.45, 7) is 0. The Hall–Kier alpha value is -4.63. The number of rotatable bonds is 6. The highest BCUT2D eigenvalue weighted by Crippen LogP contribution is 2.29. The third kappa shape index (κ3) is 4.20. The van der Waals surface area contributed by atoms with Gasteiger partial charge in [-0.1, -0.05) is 23.7 Å². The molecule has 0 saturated heterocycles. The fourth-order valence-electron chi connectivity index (χ4n) is 3.87. The Balaban J connectivity index is 1.28. The predicted molar refractivity (Wildman–Crippen MR) is 134 cm³/mol. The number of halogens is 1. The normalized spacial score (nSPS) is 11.2. The summed E-state index contributed by atoms with van der Waals surface area (Å²) < 4.78 is 0. The minimum atomic E-state index is -0.0282. The highest BCUT2D eigenvalue weighted by molar-refractivity contribution is 6.33. The van der Waals surface area contributed by atoms with Crippen molar-refractivity contribution >= 4 is 50.7 Å². The second-order valence-corrected chi connectivity index (χ2v) is 8.43. The number of nitrogens with zero attached hydrogens (tertiary/aromatic N) is 5. The molecule has 4 heterocycles. The third-order valence-corrected chi connectivity index (χ3v) is 5.91. The molecule has 0 fully saturated rings. The zero-order chi connectivity index (χ0) is 23.8. The summed E-state index contributed by atoms with van der Waals surface area (Å²) in [7, 11) is 0. The lowest BCUT2D eigenvalue weighted by atomic mass is 10.1. The van der Waals surface area contributed by atoms with Crippen LogP contribution < -0.4 is 5.32 Å². The van der Waals surface area contributed by atoms with Crippen LogP contribution in [-0.2, 0) is 6.42 Å². The van der Waals surface area contributed by atoms with E-state index in [0.717, 1.165) is 38.6 Å². The molecule has 2 aromatic carbocycles. The van der Waals surface area contributed by atoms with Crippen LogP contribution in [0, 0.1) is 0 Å². The van der Waals surface area contributed by atoms with Gasteiger partial charge in [0.05, 0.1) is 29.8 Å². The van der Waals surface area contributed by atoms with Gasteiger partial charge in [-0.3, -0.25) is 9.89 Å². The number of anilines is 2. The molecule has 0 atom stereocenters. The van der Waals surface area contributed by atoms with Crippen LogP contribution in [0.2, 0.25) is 5.02 Å². The van der Waals surface area contributed by atoms with Crippen molar-refractivity contribution in [2.75, 3.05) is 5.32 Å². The van der Waals surface area contributed by atoms with E-state index in [0.29, 0.717) is 22.4 Å². The fourth-order valence-corrected chi connectivity index (χ4v) is 4.01. The van der Waals surface area contributed by atoms with E-state index in [9.17, 15) is 4.79 Å². The van der Waals surface area contributed by atoms with Gasteiger partial charge in [-0.15, -0.1) is 0 Å². The number of fused-ring (bicyclic) bond motifs is 2. The first-order chi connectivity index (χ1) is 17.1. The predicted octanol–water partition coefficient (Wildman–Crippen LogP) is 5.11. The Morgan fingerprint density at radius 2 is 1.89 bits per heavy atom. The van der Waals surface area contributed by atoms with Crippen LogP contribution in [-0.4, -0.2) is 41.1 Å². The van der Waals surface area contributed by atoms with E-state index < -0.39 is 0 Å². The van der Waals surface area contributed by atoms with Crippen LogP contribution in [0.25, 0.3) is 33.2 Å². The molecular formula is C25H17ClN8O.